The number of benzene rings is 1. The van der Waals surface area contributed by atoms with Gasteiger partial charge in [-0.3, -0.25) is 4.79 Å². The predicted octanol–water partition coefficient (Wildman–Crippen LogP) is 1.83. The summed E-state index contributed by atoms with van der Waals surface area (Å²) in [6, 6.07) is 7.23. The zero-order valence-corrected chi connectivity index (χ0v) is 10.3. The fraction of sp³-hybridized carbons (Fsp3) is 0.357. The van der Waals surface area contributed by atoms with Gasteiger partial charge in [-0.2, -0.15) is 0 Å². The Kier molecular flexibility index (Phi) is 4.23. The highest BCUT2D eigenvalue weighted by Crippen LogP contribution is 2.14. The number of carbonyl (C=O) groups excluding carboxylic acids is 1. The quantitative estimate of drug-likeness (QED) is 0.651. The molecule has 0 radical (unpaired) electrons. The van der Waals surface area contributed by atoms with E-state index >= 15 is 0 Å². The molecule has 2 rings (SSSR count). The van der Waals surface area contributed by atoms with Gasteiger partial charge in [-0.05, 0) is 18.6 Å². The van der Waals surface area contributed by atoms with Gasteiger partial charge in [0.15, 0.2) is 0 Å². The molecule has 1 aromatic carbocycles. The third kappa shape index (κ3) is 3.52. The lowest BCUT2D eigenvalue weighted by Crippen LogP contribution is -2.34. The van der Waals surface area contributed by atoms with Crippen LogP contribution in [0.5, 0.6) is 5.75 Å². The van der Waals surface area contributed by atoms with E-state index in [1.54, 1.807) is 12.1 Å². The second kappa shape index (κ2) is 6.10. The monoisotopic (exact) mass is 246 g/mol. The number of nitrogen functional groups attached to an aromatic ring is 1. The summed E-state index contributed by atoms with van der Waals surface area (Å²) in [5.41, 5.74) is 6.31. The Labute approximate surface area is 107 Å². The Hall–Kier alpha value is -1.97. The number of ether oxygens (including phenoxy) is 1. The number of hydrogen-bond donors (Lipinski definition) is 1. The summed E-state index contributed by atoms with van der Waals surface area (Å²) in [4.78, 5) is 13.7. The van der Waals surface area contributed by atoms with Gasteiger partial charge in [-0.25, -0.2) is 0 Å². The number of nitrogens with zero attached hydrogens (tertiary/aromatic N) is 1. The van der Waals surface area contributed by atoms with Crippen LogP contribution < -0.4 is 10.5 Å². The van der Waals surface area contributed by atoms with Crippen molar-refractivity contribution in [2.75, 3.05) is 25.4 Å². The minimum absolute atomic E-state index is 0.142. The Morgan fingerprint density at radius 3 is 3.00 bits per heavy atom. The average molecular weight is 246 g/mol. The zero-order chi connectivity index (χ0) is 12.8. The summed E-state index contributed by atoms with van der Waals surface area (Å²) in [6.45, 7) is 1.92. The molecule has 1 aromatic rings. The Bertz CT molecular complexity index is 443. The van der Waals surface area contributed by atoms with Gasteiger partial charge in [0.2, 0.25) is 5.91 Å². The molecule has 0 saturated carbocycles. The van der Waals surface area contributed by atoms with Crippen molar-refractivity contribution in [3.63, 3.8) is 0 Å². The smallest absolute Gasteiger partial charge is 0.226 e. The molecule has 0 saturated heterocycles. The van der Waals surface area contributed by atoms with Gasteiger partial charge < -0.3 is 15.4 Å². The molecule has 4 heteroatoms. The molecule has 18 heavy (non-hydrogen) atoms. The van der Waals surface area contributed by atoms with Gasteiger partial charge in [-0.15, -0.1) is 0 Å². The van der Waals surface area contributed by atoms with E-state index in [1.807, 2.05) is 23.1 Å². The lowest BCUT2D eigenvalue weighted by Gasteiger charge is -2.23. The third-order valence-corrected chi connectivity index (χ3v) is 2.85. The summed E-state index contributed by atoms with van der Waals surface area (Å²) < 4.78 is 5.50. The van der Waals surface area contributed by atoms with Crippen molar-refractivity contribution >= 4 is 11.6 Å². The molecule has 96 valence electrons. The van der Waals surface area contributed by atoms with Crippen molar-refractivity contribution in [3.05, 3.63) is 36.4 Å². The van der Waals surface area contributed by atoms with Crippen LogP contribution in [0.15, 0.2) is 36.4 Å². The highest BCUT2D eigenvalue weighted by Gasteiger charge is 2.13. The molecule has 1 amide bonds. The van der Waals surface area contributed by atoms with Crippen LogP contribution in [0.3, 0.4) is 0 Å². The molecule has 2 N–H and O–H groups in total. The van der Waals surface area contributed by atoms with Crippen molar-refractivity contribution in [1.82, 2.24) is 4.90 Å². The van der Waals surface area contributed by atoms with Crippen molar-refractivity contribution in [3.8, 4) is 5.75 Å². The van der Waals surface area contributed by atoms with Gasteiger partial charge in [0, 0.05) is 24.8 Å². The Morgan fingerprint density at radius 2 is 2.28 bits per heavy atom. The number of anilines is 1. The summed E-state index contributed by atoms with van der Waals surface area (Å²) >= 11 is 0. The minimum Gasteiger partial charge on any atom is -0.493 e. The highest BCUT2D eigenvalue weighted by atomic mass is 16.5. The first-order valence-corrected chi connectivity index (χ1v) is 6.17. The van der Waals surface area contributed by atoms with Crippen LogP contribution in [0.2, 0.25) is 0 Å². The third-order valence-electron chi connectivity index (χ3n) is 2.85. The van der Waals surface area contributed by atoms with E-state index in [0.717, 1.165) is 19.5 Å². The van der Waals surface area contributed by atoms with Crippen LogP contribution in [0.4, 0.5) is 5.69 Å². The van der Waals surface area contributed by atoms with Gasteiger partial charge in [0.05, 0.1) is 13.0 Å². The molecule has 0 aromatic heterocycles. The first kappa shape index (κ1) is 12.5. The molecule has 0 unspecified atom stereocenters. The van der Waals surface area contributed by atoms with Crippen LogP contribution in [0, 0.1) is 0 Å². The van der Waals surface area contributed by atoms with Crippen LogP contribution in [0.1, 0.15) is 12.8 Å². The van der Waals surface area contributed by atoms with Crippen molar-refractivity contribution in [2.24, 2.45) is 0 Å². The molecule has 1 aliphatic rings. The number of nitrogens with two attached hydrogens (primary N) is 1. The molecule has 1 aliphatic heterocycles. The largest absolute Gasteiger partial charge is 0.493 e. The maximum atomic E-state index is 11.8. The standard InChI is InChI=1S/C14H18N2O2/c15-12-5-4-6-13(11-12)18-10-7-14(17)16-8-2-1-3-9-16/h1-2,4-6,11H,3,7-10,15H2. The molecular formula is C14H18N2O2. The van der Waals surface area contributed by atoms with Crippen molar-refractivity contribution in [2.45, 2.75) is 12.8 Å². The van der Waals surface area contributed by atoms with E-state index < -0.39 is 0 Å². The number of rotatable bonds is 4. The van der Waals surface area contributed by atoms with Crippen molar-refractivity contribution < 1.29 is 9.53 Å². The summed E-state index contributed by atoms with van der Waals surface area (Å²) in [7, 11) is 0. The van der Waals surface area contributed by atoms with Crippen LogP contribution in [-0.4, -0.2) is 30.5 Å². The Morgan fingerprint density at radius 1 is 1.39 bits per heavy atom. The molecule has 0 fully saturated rings. The van der Waals surface area contributed by atoms with E-state index in [9.17, 15) is 4.79 Å². The SMILES string of the molecule is Nc1cccc(OCCC(=O)N2CC=CCC2)c1. The van der Waals surface area contributed by atoms with Gasteiger partial charge >= 0.3 is 0 Å². The lowest BCUT2D eigenvalue weighted by molar-refractivity contribution is -0.131. The molecule has 0 bridgehead atoms. The van der Waals surface area contributed by atoms with E-state index in [1.165, 1.54) is 0 Å². The molecule has 0 atom stereocenters. The fourth-order valence-corrected chi connectivity index (χ4v) is 1.89. The normalized spacial score (nSPS) is 14.6. The topological polar surface area (TPSA) is 55.6 Å². The van der Waals surface area contributed by atoms with Crippen molar-refractivity contribution in [1.29, 1.82) is 0 Å². The van der Waals surface area contributed by atoms with E-state index in [-0.39, 0.29) is 5.91 Å². The summed E-state index contributed by atoms with van der Waals surface area (Å²) in [6.07, 6.45) is 5.48. The molecular weight excluding hydrogens is 228 g/mol. The maximum Gasteiger partial charge on any atom is 0.226 e. The van der Waals surface area contributed by atoms with Gasteiger partial charge in [0.1, 0.15) is 5.75 Å². The number of amides is 1. The molecule has 0 aliphatic carbocycles. The molecule has 4 nitrogen and oxygen atoms in total. The van der Waals surface area contributed by atoms with Crippen LogP contribution in [-0.2, 0) is 4.79 Å². The second-order valence-electron chi connectivity index (χ2n) is 4.27. The summed E-state index contributed by atoms with van der Waals surface area (Å²) in [5, 5.41) is 0. The molecule has 1 heterocycles. The van der Waals surface area contributed by atoms with Crippen LogP contribution in [0.25, 0.3) is 0 Å². The number of carbonyl (C=O) groups is 1. The van der Waals surface area contributed by atoms with Gasteiger partial charge in [0.25, 0.3) is 0 Å². The summed E-state index contributed by atoms with van der Waals surface area (Å²) in [5.74, 6) is 0.851. The van der Waals surface area contributed by atoms with Crippen LogP contribution >= 0.6 is 0 Å². The first-order valence-electron chi connectivity index (χ1n) is 6.17. The highest BCUT2D eigenvalue weighted by molar-refractivity contribution is 5.76. The Balaban J connectivity index is 1.75. The number of hydrogen-bond acceptors (Lipinski definition) is 3. The second-order valence-corrected chi connectivity index (χ2v) is 4.27. The lowest BCUT2D eigenvalue weighted by atomic mass is 10.2. The van der Waals surface area contributed by atoms with E-state index in [2.05, 4.69) is 6.08 Å². The van der Waals surface area contributed by atoms with E-state index in [4.69, 9.17) is 10.5 Å². The maximum absolute atomic E-state index is 11.8. The van der Waals surface area contributed by atoms with Gasteiger partial charge in [-0.1, -0.05) is 18.2 Å². The first-order chi connectivity index (χ1) is 8.75. The fourth-order valence-electron chi connectivity index (χ4n) is 1.89. The zero-order valence-electron chi connectivity index (χ0n) is 10.3. The minimum atomic E-state index is 0.142. The van der Waals surface area contributed by atoms with E-state index in [0.29, 0.717) is 24.5 Å². The average Bonchev–Trinajstić information content (AvgIpc) is 2.40. The predicted molar refractivity (Wildman–Crippen MR) is 71.3 cm³/mol. The molecule has 0 spiro atoms.